The van der Waals surface area contributed by atoms with E-state index in [1.165, 1.54) is 13.4 Å². The number of esters is 1. The van der Waals surface area contributed by atoms with Gasteiger partial charge in [-0.05, 0) is 30.7 Å². The van der Waals surface area contributed by atoms with E-state index in [-0.39, 0.29) is 0 Å². The predicted molar refractivity (Wildman–Crippen MR) is 169 cm³/mol. The summed E-state index contributed by atoms with van der Waals surface area (Å²) in [5, 5.41) is 12.9. The number of methoxy groups -OCH3 is 3. The van der Waals surface area contributed by atoms with Crippen LogP contribution in [0.5, 0.6) is 11.5 Å². The summed E-state index contributed by atoms with van der Waals surface area (Å²) in [5.41, 5.74) is 2.73. The van der Waals surface area contributed by atoms with Crippen LogP contribution in [0.4, 0.5) is 11.5 Å². The molecule has 0 aliphatic rings. The molecule has 0 bridgehead atoms. The van der Waals surface area contributed by atoms with Crippen LogP contribution in [-0.2, 0) is 31.0 Å². The molecule has 0 aliphatic heterocycles. The Morgan fingerprint density at radius 3 is 2.31 bits per heavy atom. The second-order valence-corrected chi connectivity index (χ2v) is 10.4. The van der Waals surface area contributed by atoms with Crippen molar-refractivity contribution in [3.63, 3.8) is 0 Å². The fourth-order valence-corrected chi connectivity index (χ4v) is 4.85. The molecule has 0 aliphatic carbocycles. The molecule has 0 amide bonds. The zero-order chi connectivity index (χ0) is 31.6. The van der Waals surface area contributed by atoms with Gasteiger partial charge in [0.1, 0.15) is 31.1 Å². The van der Waals surface area contributed by atoms with E-state index in [9.17, 15) is 4.79 Å². The van der Waals surface area contributed by atoms with E-state index in [0.717, 1.165) is 22.2 Å². The molecule has 5 aromatic rings. The second-order valence-electron chi connectivity index (χ2n) is 10.4. The normalized spacial score (nSPS) is 12.4. The van der Waals surface area contributed by atoms with Gasteiger partial charge in [0.05, 0.1) is 32.0 Å². The molecule has 0 saturated carbocycles. The van der Waals surface area contributed by atoms with E-state index in [1.54, 1.807) is 32.0 Å². The first-order valence-corrected chi connectivity index (χ1v) is 14.4. The maximum Gasteiger partial charge on any atom is 0.333 e. The number of nitrogens with one attached hydrogen (secondary N) is 1. The average Bonchev–Trinajstić information content (AvgIpc) is 3.57. The van der Waals surface area contributed by atoms with Crippen molar-refractivity contribution in [2.24, 2.45) is 0 Å². The Balaban J connectivity index is 1.42. The number of rotatable bonds is 15. The highest BCUT2D eigenvalue weighted by Gasteiger charge is 2.38. The number of fused-ring (bicyclic) bond motifs is 1. The molecule has 0 fully saturated rings. The third-order valence-electron chi connectivity index (χ3n) is 7.23. The van der Waals surface area contributed by atoms with E-state index in [1.807, 2.05) is 66.7 Å². The molecular formula is C33H36N6O6. The van der Waals surface area contributed by atoms with E-state index in [4.69, 9.17) is 23.7 Å². The molecule has 45 heavy (non-hydrogen) atoms. The van der Waals surface area contributed by atoms with Crippen LogP contribution < -0.4 is 14.8 Å². The van der Waals surface area contributed by atoms with Gasteiger partial charge < -0.3 is 29.0 Å². The van der Waals surface area contributed by atoms with Crippen LogP contribution in [0.25, 0.3) is 22.2 Å². The number of hydrogen-bond donors (Lipinski definition) is 1. The third-order valence-corrected chi connectivity index (χ3v) is 7.23. The molecular weight excluding hydrogens is 576 g/mol. The molecule has 2 heterocycles. The summed E-state index contributed by atoms with van der Waals surface area (Å²) >= 11 is 0. The van der Waals surface area contributed by atoms with E-state index in [2.05, 4.69) is 25.6 Å². The predicted octanol–water partition coefficient (Wildman–Crippen LogP) is 4.81. The highest BCUT2D eigenvalue weighted by atomic mass is 16.5. The first-order chi connectivity index (χ1) is 21.9. The molecule has 3 aromatic carbocycles. The van der Waals surface area contributed by atoms with E-state index in [0.29, 0.717) is 61.4 Å². The van der Waals surface area contributed by atoms with Crippen LogP contribution in [-0.4, -0.2) is 78.7 Å². The lowest BCUT2D eigenvalue weighted by Crippen LogP contribution is -2.42. The molecule has 0 saturated heterocycles. The lowest BCUT2D eigenvalue weighted by molar-refractivity contribution is -0.151. The largest absolute Gasteiger partial charge is 0.487 e. The SMILES string of the molecule is COCCOc1cc2ncnc(Nc3cccc(-c4cn(C(C)(Cc5ccccc5)C(=O)OC)nn4)c3)c2cc1OCCOC. The first-order valence-electron chi connectivity index (χ1n) is 14.4. The van der Waals surface area contributed by atoms with Crippen molar-refractivity contribution in [3.8, 4) is 22.8 Å². The van der Waals surface area contributed by atoms with Crippen molar-refractivity contribution in [2.75, 3.05) is 53.1 Å². The highest BCUT2D eigenvalue weighted by molar-refractivity contribution is 5.93. The van der Waals surface area contributed by atoms with Crippen LogP contribution in [0, 0.1) is 0 Å². The molecule has 234 valence electrons. The van der Waals surface area contributed by atoms with Gasteiger partial charge in [-0.15, -0.1) is 5.10 Å². The summed E-state index contributed by atoms with van der Waals surface area (Å²) in [6.07, 6.45) is 3.64. The van der Waals surface area contributed by atoms with Crippen molar-refractivity contribution >= 4 is 28.4 Å². The Bertz CT molecular complexity index is 1730. The minimum atomic E-state index is -1.09. The van der Waals surface area contributed by atoms with Gasteiger partial charge in [0, 0.05) is 43.3 Å². The van der Waals surface area contributed by atoms with Crippen molar-refractivity contribution in [3.05, 3.63) is 84.8 Å². The number of benzene rings is 3. The zero-order valence-corrected chi connectivity index (χ0v) is 25.7. The van der Waals surface area contributed by atoms with Gasteiger partial charge in [0.15, 0.2) is 17.0 Å². The number of aromatic nitrogens is 5. The quantitative estimate of drug-likeness (QED) is 0.129. The number of carbonyl (C=O) groups is 1. The summed E-state index contributed by atoms with van der Waals surface area (Å²) in [5.74, 6) is 1.27. The second kappa shape index (κ2) is 14.6. The maximum atomic E-state index is 13.0. The van der Waals surface area contributed by atoms with Gasteiger partial charge >= 0.3 is 5.97 Å². The van der Waals surface area contributed by atoms with Crippen LogP contribution in [0.2, 0.25) is 0 Å². The van der Waals surface area contributed by atoms with Gasteiger partial charge in [-0.25, -0.2) is 19.4 Å². The molecule has 0 spiro atoms. The van der Waals surface area contributed by atoms with Gasteiger partial charge in [-0.3, -0.25) is 0 Å². The van der Waals surface area contributed by atoms with Crippen molar-refractivity contribution in [1.82, 2.24) is 25.0 Å². The van der Waals surface area contributed by atoms with Gasteiger partial charge in [0.2, 0.25) is 0 Å². The number of anilines is 2. The number of nitrogens with zero attached hydrogens (tertiary/aromatic N) is 5. The van der Waals surface area contributed by atoms with Crippen molar-refractivity contribution < 1.29 is 28.5 Å². The summed E-state index contributed by atoms with van der Waals surface area (Å²) in [6.45, 7) is 3.37. The minimum absolute atomic E-state index is 0.349. The van der Waals surface area contributed by atoms with E-state index < -0.39 is 11.5 Å². The molecule has 12 nitrogen and oxygen atoms in total. The van der Waals surface area contributed by atoms with Crippen LogP contribution >= 0.6 is 0 Å². The summed E-state index contributed by atoms with van der Waals surface area (Å²) in [4.78, 5) is 21.9. The Labute approximate surface area is 261 Å². The van der Waals surface area contributed by atoms with Gasteiger partial charge in [0.25, 0.3) is 0 Å². The minimum Gasteiger partial charge on any atom is -0.487 e. The molecule has 1 atom stereocenters. The maximum absolute atomic E-state index is 13.0. The lowest BCUT2D eigenvalue weighted by atomic mass is 9.93. The standard InChI is InChI=1S/C33H36N6O6/c1-33(32(40)43-4,20-23-9-6-5-7-10-23)39-21-28(37-38-39)24-11-8-12-25(17-24)36-31-26-18-29(44-15-13-41-2)30(45-16-14-42-3)19-27(26)34-22-35-31/h5-12,17-19,21-22H,13-16,20H2,1-4H3,(H,34,35,36). The lowest BCUT2D eigenvalue weighted by Gasteiger charge is -2.26. The summed E-state index contributed by atoms with van der Waals surface area (Å²) in [6, 6.07) is 21.1. The van der Waals surface area contributed by atoms with Crippen LogP contribution in [0.3, 0.4) is 0 Å². The highest BCUT2D eigenvalue weighted by Crippen LogP contribution is 2.35. The van der Waals surface area contributed by atoms with Crippen LogP contribution in [0.1, 0.15) is 12.5 Å². The Morgan fingerprint density at radius 2 is 1.60 bits per heavy atom. The monoisotopic (exact) mass is 612 g/mol. The topological polar surface area (TPSA) is 132 Å². The molecule has 5 rings (SSSR count). The Hall–Kier alpha value is -5.07. The van der Waals surface area contributed by atoms with Gasteiger partial charge in [-0.2, -0.15) is 0 Å². The third kappa shape index (κ3) is 7.36. The Morgan fingerprint density at radius 1 is 0.867 bits per heavy atom. The fourth-order valence-electron chi connectivity index (χ4n) is 4.85. The zero-order valence-electron chi connectivity index (χ0n) is 25.7. The van der Waals surface area contributed by atoms with Crippen LogP contribution in [0.15, 0.2) is 79.3 Å². The number of carbonyl (C=O) groups excluding carboxylic acids is 1. The first kappa shape index (κ1) is 31.4. The molecule has 0 radical (unpaired) electrons. The summed E-state index contributed by atoms with van der Waals surface area (Å²) < 4.78 is 28.9. The molecule has 2 aromatic heterocycles. The number of hydrogen-bond acceptors (Lipinski definition) is 11. The molecule has 1 N–H and O–H groups in total. The van der Waals surface area contributed by atoms with Crippen molar-refractivity contribution in [1.29, 1.82) is 0 Å². The fraction of sp³-hybridized carbons (Fsp3) is 0.303. The number of ether oxygens (including phenoxy) is 5. The molecule has 1 unspecified atom stereocenters. The summed E-state index contributed by atoms with van der Waals surface area (Å²) in [7, 11) is 4.61. The Kier molecular flexibility index (Phi) is 10.2. The van der Waals surface area contributed by atoms with Crippen molar-refractivity contribution in [2.45, 2.75) is 18.9 Å². The molecule has 12 heteroatoms. The smallest absolute Gasteiger partial charge is 0.333 e. The average molecular weight is 613 g/mol. The van der Waals surface area contributed by atoms with Gasteiger partial charge in [-0.1, -0.05) is 47.7 Å². The van der Waals surface area contributed by atoms with E-state index >= 15 is 0 Å².